The Bertz CT molecular complexity index is 94.9. The van der Waals surface area contributed by atoms with E-state index in [0.717, 1.165) is 18.8 Å². The minimum absolute atomic E-state index is 0.233. The van der Waals surface area contributed by atoms with Crippen molar-refractivity contribution in [1.82, 2.24) is 0 Å². The summed E-state index contributed by atoms with van der Waals surface area (Å²) in [6.07, 6.45) is -2.85. The van der Waals surface area contributed by atoms with Gasteiger partial charge in [0.25, 0.3) is 0 Å². The third-order valence-corrected chi connectivity index (χ3v) is 1.04. The zero-order chi connectivity index (χ0) is 6.91. The first-order valence-corrected chi connectivity index (χ1v) is 2.62. The zero-order valence-corrected chi connectivity index (χ0v) is 4.66. The van der Waals surface area contributed by atoms with Crippen molar-refractivity contribution >= 4 is 0 Å². The second-order valence-electron chi connectivity index (χ2n) is 1.98. The van der Waals surface area contributed by atoms with Crippen LogP contribution in [0.5, 0.6) is 0 Å². The van der Waals surface area contributed by atoms with Crippen molar-refractivity contribution in [2.24, 2.45) is 0 Å². The summed E-state index contributed by atoms with van der Waals surface area (Å²) in [5, 5.41) is 0. The van der Waals surface area contributed by atoms with Gasteiger partial charge in [-0.05, 0) is 12.8 Å². The SMILES string of the molecule is FC(F)(F)OC[C]1CC1. The second-order valence-corrected chi connectivity index (χ2v) is 1.98. The number of hydrogen-bond donors (Lipinski definition) is 0. The van der Waals surface area contributed by atoms with E-state index in [4.69, 9.17) is 0 Å². The molecule has 0 atom stereocenters. The third-order valence-electron chi connectivity index (χ3n) is 1.04. The summed E-state index contributed by atoms with van der Waals surface area (Å²) in [5.41, 5.74) is 0. The Kier molecular flexibility index (Phi) is 1.66. The van der Waals surface area contributed by atoms with Crippen LogP contribution in [0.25, 0.3) is 0 Å². The van der Waals surface area contributed by atoms with E-state index < -0.39 is 6.36 Å². The molecule has 0 amide bonds. The summed E-state index contributed by atoms with van der Waals surface area (Å²) < 4.78 is 37.1. The molecule has 0 aromatic carbocycles. The fourth-order valence-electron chi connectivity index (χ4n) is 0.417. The van der Waals surface area contributed by atoms with Crippen molar-refractivity contribution in [2.45, 2.75) is 19.2 Å². The van der Waals surface area contributed by atoms with E-state index in [9.17, 15) is 13.2 Å². The molecule has 0 aromatic rings. The van der Waals surface area contributed by atoms with E-state index in [1.807, 2.05) is 0 Å². The maximum atomic E-state index is 11.2. The summed E-state index contributed by atoms with van der Waals surface area (Å²) in [6, 6.07) is 0. The van der Waals surface area contributed by atoms with Crippen LogP contribution in [0.3, 0.4) is 0 Å². The van der Waals surface area contributed by atoms with Crippen LogP contribution in [0.2, 0.25) is 0 Å². The molecule has 1 aliphatic carbocycles. The van der Waals surface area contributed by atoms with Crippen molar-refractivity contribution in [1.29, 1.82) is 0 Å². The Balaban J connectivity index is 2.03. The van der Waals surface area contributed by atoms with Crippen LogP contribution in [-0.2, 0) is 4.74 Å². The van der Waals surface area contributed by atoms with Crippen LogP contribution >= 0.6 is 0 Å². The van der Waals surface area contributed by atoms with Gasteiger partial charge in [-0.1, -0.05) is 0 Å². The van der Waals surface area contributed by atoms with Gasteiger partial charge in [0.2, 0.25) is 0 Å². The average Bonchev–Trinajstić information content (AvgIpc) is 2.38. The van der Waals surface area contributed by atoms with Gasteiger partial charge in [0.15, 0.2) is 0 Å². The fourth-order valence-corrected chi connectivity index (χ4v) is 0.417. The summed E-state index contributed by atoms with van der Waals surface area (Å²) in [7, 11) is 0. The largest absolute Gasteiger partial charge is 0.522 e. The highest BCUT2D eigenvalue weighted by Crippen LogP contribution is 2.33. The van der Waals surface area contributed by atoms with Gasteiger partial charge in [-0.2, -0.15) is 0 Å². The first-order chi connectivity index (χ1) is 4.08. The molecule has 0 unspecified atom stereocenters. The minimum atomic E-state index is -4.45. The Labute approximate surface area is 50.8 Å². The molecular weight excluding hydrogens is 133 g/mol. The molecular formula is C5H6F3O. The number of alkyl halides is 3. The first kappa shape index (κ1) is 6.86. The van der Waals surface area contributed by atoms with Gasteiger partial charge in [-0.25, -0.2) is 0 Å². The van der Waals surface area contributed by atoms with Crippen LogP contribution < -0.4 is 0 Å². The topological polar surface area (TPSA) is 9.23 Å². The zero-order valence-electron chi connectivity index (χ0n) is 4.66. The molecule has 0 aliphatic heterocycles. The Hall–Kier alpha value is -0.250. The molecule has 1 rings (SSSR count). The molecule has 4 heteroatoms. The van der Waals surface area contributed by atoms with Crippen molar-refractivity contribution in [3.63, 3.8) is 0 Å². The lowest BCUT2D eigenvalue weighted by Gasteiger charge is -2.04. The van der Waals surface area contributed by atoms with E-state index >= 15 is 0 Å². The Morgan fingerprint density at radius 3 is 2.22 bits per heavy atom. The molecule has 0 bridgehead atoms. The van der Waals surface area contributed by atoms with Crippen LogP contribution in [0.15, 0.2) is 0 Å². The number of halogens is 3. The monoisotopic (exact) mass is 139 g/mol. The predicted molar refractivity (Wildman–Crippen MR) is 24.5 cm³/mol. The lowest BCUT2D eigenvalue weighted by Crippen LogP contribution is -2.14. The van der Waals surface area contributed by atoms with E-state index in [2.05, 4.69) is 4.74 Å². The number of hydrogen-bond acceptors (Lipinski definition) is 1. The second kappa shape index (κ2) is 2.17. The maximum Gasteiger partial charge on any atom is 0.522 e. The molecule has 9 heavy (non-hydrogen) atoms. The molecule has 1 fully saturated rings. The summed E-state index contributed by atoms with van der Waals surface area (Å²) in [4.78, 5) is 0. The van der Waals surface area contributed by atoms with Gasteiger partial charge in [-0.15, -0.1) is 13.2 Å². The fraction of sp³-hybridized carbons (Fsp3) is 0.800. The van der Waals surface area contributed by atoms with E-state index in [1.54, 1.807) is 0 Å². The third kappa shape index (κ3) is 3.35. The Morgan fingerprint density at radius 1 is 1.33 bits per heavy atom. The van der Waals surface area contributed by atoms with Crippen LogP contribution in [0.1, 0.15) is 12.8 Å². The van der Waals surface area contributed by atoms with Gasteiger partial charge in [0.05, 0.1) is 6.61 Å². The van der Waals surface area contributed by atoms with Crippen molar-refractivity contribution in [3.05, 3.63) is 5.92 Å². The lowest BCUT2D eigenvalue weighted by molar-refractivity contribution is -0.321. The van der Waals surface area contributed by atoms with Gasteiger partial charge in [-0.3, -0.25) is 4.74 Å². The molecule has 0 heterocycles. The van der Waals surface area contributed by atoms with Crippen molar-refractivity contribution < 1.29 is 17.9 Å². The molecule has 1 nitrogen and oxygen atoms in total. The molecule has 0 spiro atoms. The summed E-state index contributed by atoms with van der Waals surface area (Å²) in [6.45, 7) is -0.233. The van der Waals surface area contributed by atoms with Gasteiger partial charge in [0.1, 0.15) is 0 Å². The first-order valence-electron chi connectivity index (χ1n) is 2.62. The molecule has 1 aliphatic rings. The van der Waals surface area contributed by atoms with Gasteiger partial charge >= 0.3 is 6.36 Å². The highest BCUT2D eigenvalue weighted by molar-refractivity contribution is 5.05. The summed E-state index contributed by atoms with van der Waals surface area (Å²) >= 11 is 0. The highest BCUT2D eigenvalue weighted by atomic mass is 19.4. The van der Waals surface area contributed by atoms with Crippen LogP contribution in [0, 0.1) is 5.92 Å². The lowest BCUT2D eigenvalue weighted by atomic mass is 10.5. The van der Waals surface area contributed by atoms with Crippen molar-refractivity contribution in [2.75, 3.05) is 6.61 Å². The number of rotatable bonds is 2. The smallest absolute Gasteiger partial charge is 0.291 e. The van der Waals surface area contributed by atoms with Gasteiger partial charge < -0.3 is 0 Å². The summed E-state index contributed by atoms with van der Waals surface area (Å²) in [5.74, 6) is 0.854. The van der Waals surface area contributed by atoms with Crippen LogP contribution in [-0.4, -0.2) is 13.0 Å². The van der Waals surface area contributed by atoms with E-state index in [1.165, 1.54) is 0 Å². The molecule has 0 saturated heterocycles. The standard InChI is InChI=1S/C5H6F3O/c6-5(7,8)9-3-4-1-2-4/h1-3H2. The highest BCUT2D eigenvalue weighted by Gasteiger charge is 2.33. The predicted octanol–water partition coefficient (Wildman–Crippen LogP) is 1.89. The Morgan fingerprint density at radius 2 is 1.89 bits per heavy atom. The van der Waals surface area contributed by atoms with Gasteiger partial charge in [0, 0.05) is 5.92 Å². The molecule has 1 saturated carbocycles. The average molecular weight is 139 g/mol. The van der Waals surface area contributed by atoms with Crippen LogP contribution in [0.4, 0.5) is 13.2 Å². The quantitative estimate of drug-likeness (QED) is 0.567. The maximum absolute atomic E-state index is 11.2. The molecule has 0 N–H and O–H groups in total. The molecule has 53 valence electrons. The van der Waals surface area contributed by atoms with E-state index in [0.29, 0.717) is 0 Å². The normalized spacial score (nSPS) is 20.3. The number of ether oxygens (including phenoxy) is 1. The molecule has 1 radical (unpaired) electrons. The van der Waals surface area contributed by atoms with Crippen molar-refractivity contribution in [3.8, 4) is 0 Å². The molecule has 0 aromatic heterocycles. The van der Waals surface area contributed by atoms with E-state index in [-0.39, 0.29) is 6.61 Å². The minimum Gasteiger partial charge on any atom is -0.291 e.